The van der Waals surface area contributed by atoms with Crippen molar-refractivity contribution >= 4 is 43.6 Å². The second kappa shape index (κ2) is 9.71. The van der Waals surface area contributed by atoms with Crippen LogP contribution in [0.1, 0.15) is 0 Å². The van der Waals surface area contributed by atoms with Gasteiger partial charge in [-0.15, -0.1) is 0 Å². The molecule has 0 N–H and O–H groups in total. The summed E-state index contributed by atoms with van der Waals surface area (Å²) in [5, 5.41) is 4.64. The van der Waals surface area contributed by atoms with Gasteiger partial charge >= 0.3 is 0 Å². The van der Waals surface area contributed by atoms with Crippen molar-refractivity contribution < 1.29 is 0 Å². The number of aromatic nitrogens is 6. The number of nitrogens with zero attached hydrogens (tertiary/aromatic N) is 6. The summed E-state index contributed by atoms with van der Waals surface area (Å²) in [6, 6.07) is 45.9. The molecule has 4 heterocycles. The first-order chi connectivity index (χ1) is 21.8. The molecule has 44 heavy (non-hydrogen) atoms. The molecule has 0 unspecified atom stereocenters. The van der Waals surface area contributed by atoms with Crippen LogP contribution in [0.2, 0.25) is 0 Å². The monoisotopic (exact) mass is 564 g/mol. The van der Waals surface area contributed by atoms with Gasteiger partial charge in [-0.25, -0.2) is 4.98 Å². The molecule has 9 rings (SSSR count). The first-order valence-electron chi connectivity index (χ1n) is 14.6. The van der Waals surface area contributed by atoms with Crippen molar-refractivity contribution in [2.45, 2.75) is 0 Å². The van der Waals surface area contributed by atoms with Crippen molar-refractivity contribution in [3.63, 3.8) is 0 Å². The van der Waals surface area contributed by atoms with Crippen LogP contribution in [0, 0.1) is 0 Å². The molecule has 5 aromatic carbocycles. The second-order valence-corrected chi connectivity index (χ2v) is 10.8. The van der Waals surface area contributed by atoms with E-state index in [1.54, 1.807) is 0 Å². The standard InChI is InChI=1S/C38H24N6/c1-2-10-25(11-3-1)36-40-37(42-38(41-36)44-33-16-8-4-12-28(33)29-13-5-9-17-34(29)44)26-18-20-27(21-19-26)43-32-15-7-6-14-30(32)31-24-39-23-22-35(31)43/h1-24H. The number of fused-ring (bicyclic) bond motifs is 6. The third kappa shape index (κ3) is 3.75. The molecule has 0 spiro atoms. The van der Waals surface area contributed by atoms with Crippen LogP contribution in [-0.2, 0) is 0 Å². The Hall–Kier alpha value is -6.14. The Kier molecular flexibility index (Phi) is 5.40. The zero-order valence-electron chi connectivity index (χ0n) is 23.5. The zero-order valence-corrected chi connectivity index (χ0v) is 23.5. The minimum Gasteiger partial charge on any atom is -0.309 e. The molecule has 206 valence electrons. The van der Waals surface area contributed by atoms with Crippen LogP contribution in [0.15, 0.2) is 146 Å². The molecule has 0 aliphatic rings. The van der Waals surface area contributed by atoms with Crippen molar-refractivity contribution in [2.75, 3.05) is 0 Å². The van der Waals surface area contributed by atoms with Gasteiger partial charge < -0.3 is 4.57 Å². The van der Waals surface area contributed by atoms with Crippen molar-refractivity contribution in [2.24, 2.45) is 0 Å². The summed E-state index contributed by atoms with van der Waals surface area (Å²) < 4.78 is 4.42. The lowest BCUT2D eigenvalue weighted by molar-refractivity contribution is 0.953. The van der Waals surface area contributed by atoms with Crippen LogP contribution < -0.4 is 0 Å². The van der Waals surface area contributed by atoms with E-state index in [-0.39, 0.29) is 0 Å². The SMILES string of the molecule is c1ccc(-c2nc(-c3ccc(-n4c5ccccc5c5cnccc54)cc3)nc(-n3c4ccccc4c4ccccc43)n2)cc1. The van der Waals surface area contributed by atoms with E-state index in [2.05, 4.69) is 117 Å². The van der Waals surface area contributed by atoms with Gasteiger partial charge in [0.1, 0.15) is 0 Å². The fraction of sp³-hybridized carbons (Fsp3) is 0. The first-order valence-corrected chi connectivity index (χ1v) is 14.6. The molecule has 6 heteroatoms. The van der Waals surface area contributed by atoms with Gasteiger partial charge in [-0.3, -0.25) is 9.55 Å². The van der Waals surface area contributed by atoms with Crippen LogP contribution in [0.25, 0.3) is 78.0 Å². The molecule has 0 radical (unpaired) electrons. The minimum atomic E-state index is 0.588. The molecule has 0 bridgehead atoms. The van der Waals surface area contributed by atoms with Crippen LogP contribution >= 0.6 is 0 Å². The van der Waals surface area contributed by atoms with Gasteiger partial charge in [0.25, 0.3) is 0 Å². The van der Waals surface area contributed by atoms with E-state index in [1.165, 1.54) is 5.39 Å². The summed E-state index contributed by atoms with van der Waals surface area (Å²) in [4.78, 5) is 19.5. The molecule has 0 aliphatic heterocycles. The highest BCUT2D eigenvalue weighted by atomic mass is 15.2. The molecule has 0 amide bonds. The maximum Gasteiger partial charge on any atom is 0.238 e. The highest BCUT2D eigenvalue weighted by Crippen LogP contribution is 2.34. The fourth-order valence-corrected chi connectivity index (χ4v) is 6.30. The van der Waals surface area contributed by atoms with Crippen molar-refractivity contribution in [1.82, 2.24) is 29.1 Å². The third-order valence-electron chi connectivity index (χ3n) is 8.29. The van der Waals surface area contributed by atoms with E-state index < -0.39 is 0 Å². The quantitative estimate of drug-likeness (QED) is 0.214. The minimum absolute atomic E-state index is 0.588. The van der Waals surface area contributed by atoms with Gasteiger partial charge in [0.15, 0.2) is 11.6 Å². The molecular weight excluding hydrogens is 540 g/mol. The van der Waals surface area contributed by atoms with Crippen molar-refractivity contribution in [1.29, 1.82) is 0 Å². The molecule has 0 saturated heterocycles. The number of rotatable bonds is 4. The Morgan fingerprint density at radius 3 is 1.52 bits per heavy atom. The molecule has 0 saturated carbocycles. The molecule has 9 aromatic rings. The van der Waals surface area contributed by atoms with Crippen LogP contribution in [0.5, 0.6) is 0 Å². The maximum atomic E-state index is 5.09. The number of benzene rings is 5. The average Bonchev–Trinajstić information content (AvgIpc) is 3.62. The molecule has 6 nitrogen and oxygen atoms in total. The Labute approximate surface area is 252 Å². The lowest BCUT2D eigenvalue weighted by Gasteiger charge is -2.12. The molecule has 0 atom stereocenters. The summed E-state index contributed by atoms with van der Waals surface area (Å²) in [5.74, 6) is 1.84. The molecule has 4 aromatic heterocycles. The van der Waals surface area contributed by atoms with Crippen LogP contribution in [0.3, 0.4) is 0 Å². The number of hydrogen-bond donors (Lipinski definition) is 0. The average molecular weight is 565 g/mol. The Balaban J connectivity index is 1.24. The summed E-state index contributed by atoms with van der Waals surface area (Å²) in [7, 11) is 0. The maximum absolute atomic E-state index is 5.09. The third-order valence-corrected chi connectivity index (χ3v) is 8.29. The number of hydrogen-bond acceptors (Lipinski definition) is 4. The highest BCUT2D eigenvalue weighted by molar-refractivity contribution is 6.09. The van der Waals surface area contributed by atoms with E-state index in [4.69, 9.17) is 15.0 Å². The van der Waals surface area contributed by atoms with E-state index in [9.17, 15) is 0 Å². The summed E-state index contributed by atoms with van der Waals surface area (Å²) in [6.45, 7) is 0. The van der Waals surface area contributed by atoms with E-state index >= 15 is 0 Å². The molecule has 0 fully saturated rings. The van der Waals surface area contributed by atoms with Gasteiger partial charge in [-0.05, 0) is 48.5 Å². The summed E-state index contributed by atoms with van der Waals surface area (Å²) >= 11 is 0. The number of para-hydroxylation sites is 3. The summed E-state index contributed by atoms with van der Waals surface area (Å²) in [6.07, 6.45) is 3.78. The molecule has 0 aliphatic carbocycles. The Morgan fingerprint density at radius 2 is 0.886 bits per heavy atom. The van der Waals surface area contributed by atoms with Crippen LogP contribution in [-0.4, -0.2) is 29.1 Å². The van der Waals surface area contributed by atoms with E-state index in [0.29, 0.717) is 17.6 Å². The van der Waals surface area contributed by atoms with Crippen molar-refractivity contribution in [3.05, 3.63) is 146 Å². The van der Waals surface area contributed by atoms with Gasteiger partial charge in [0, 0.05) is 50.8 Å². The van der Waals surface area contributed by atoms with E-state index in [0.717, 1.165) is 55.0 Å². The lowest BCUT2D eigenvalue weighted by atomic mass is 10.1. The summed E-state index contributed by atoms with van der Waals surface area (Å²) in [5.41, 5.74) is 7.29. The zero-order chi connectivity index (χ0) is 29.0. The smallest absolute Gasteiger partial charge is 0.238 e. The van der Waals surface area contributed by atoms with Crippen LogP contribution in [0.4, 0.5) is 0 Å². The first kappa shape index (κ1) is 24.5. The normalized spacial score (nSPS) is 11.6. The second-order valence-electron chi connectivity index (χ2n) is 10.8. The van der Waals surface area contributed by atoms with Crippen molar-refractivity contribution in [3.8, 4) is 34.4 Å². The number of pyridine rings is 1. The predicted octanol–water partition coefficient (Wildman–Crippen LogP) is 8.79. The van der Waals surface area contributed by atoms with Gasteiger partial charge in [0.05, 0.1) is 22.1 Å². The van der Waals surface area contributed by atoms with Gasteiger partial charge in [-0.1, -0.05) is 84.9 Å². The van der Waals surface area contributed by atoms with E-state index in [1.807, 2.05) is 42.7 Å². The van der Waals surface area contributed by atoms with Gasteiger partial charge in [-0.2, -0.15) is 9.97 Å². The Morgan fingerprint density at radius 1 is 0.386 bits per heavy atom. The fourth-order valence-electron chi connectivity index (χ4n) is 6.30. The largest absolute Gasteiger partial charge is 0.309 e. The Bertz CT molecular complexity index is 2380. The van der Waals surface area contributed by atoms with Gasteiger partial charge in [0.2, 0.25) is 5.95 Å². The lowest BCUT2D eigenvalue weighted by Crippen LogP contribution is -2.06. The topological polar surface area (TPSA) is 61.4 Å². The highest BCUT2D eigenvalue weighted by Gasteiger charge is 2.18. The predicted molar refractivity (Wildman–Crippen MR) is 177 cm³/mol. The molecular formula is C38H24N6.